The molecule has 3 nitrogen and oxygen atoms in total. The predicted molar refractivity (Wildman–Crippen MR) is 72.9 cm³/mol. The van der Waals surface area contributed by atoms with Crippen LogP contribution in [0.2, 0.25) is 0 Å². The second-order valence-corrected chi connectivity index (χ2v) is 8.58. The Labute approximate surface area is 111 Å². The molecule has 1 heterocycles. The molecule has 0 spiro atoms. The molecule has 1 aliphatic heterocycles. The highest BCUT2D eigenvalue weighted by molar-refractivity contribution is 7.89. The molecular formula is C12H24ClNO2S. The van der Waals surface area contributed by atoms with E-state index in [0.717, 1.165) is 12.8 Å². The standard InChI is InChI=1S/C12H24ClNO2S/c1-12(2,3)6-9-17(15,16)14-8-5-11(10-14)4-7-13/h11H,4-10H2,1-3H3. The van der Waals surface area contributed by atoms with Gasteiger partial charge < -0.3 is 0 Å². The molecule has 0 aromatic heterocycles. The Morgan fingerprint density at radius 2 is 2.00 bits per heavy atom. The first-order valence-corrected chi connectivity index (χ1v) is 8.43. The summed E-state index contributed by atoms with van der Waals surface area (Å²) in [7, 11) is -3.05. The average molecular weight is 282 g/mol. The molecule has 0 aromatic rings. The van der Waals surface area contributed by atoms with Gasteiger partial charge >= 0.3 is 0 Å². The van der Waals surface area contributed by atoms with Crippen LogP contribution in [0.1, 0.15) is 40.0 Å². The van der Waals surface area contributed by atoms with E-state index < -0.39 is 10.0 Å². The van der Waals surface area contributed by atoms with Crippen molar-refractivity contribution < 1.29 is 8.42 Å². The summed E-state index contributed by atoms with van der Waals surface area (Å²) >= 11 is 5.70. The van der Waals surface area contributed by atoms with Gasteiger partial charge in [0.1, 0.15) is 0 Å². The van der Waals surface area contributed by atoms with Crippen molar-refractivity contribution in [2.24, 2.45) is 11.3 Å². The molecular weight excluding hydrogens is 258 g/mol. The minimum atomic E-state index is -3.05. The van der Waals surface area contributed by atoms with Gasteiger partial charge in [0, 0.05) is 19.0 Å². The molecule has 0 saturated carbocycles. The van der Waals surface area contributed by atoms with Crippen molar-refractivity contribution in [3.05, 3.63) is 0 Å². The van der Waals surface area contributed by atoms with E-state index in [9.17, 15) is 8.42 Å². The van der Waals surface area contributed by atoms with Gasteiger partial charge in [-0.25, -0.2) is 12.7 Å². The van der Waals surface area contributed by atoms with Crippen LogP contribution in [-0.4, -0.2) is 37.4 Å². The molecule has 1 unspecified atom stereocenters. The van der Waals surface area contributed by atoms with Gasteiger partial charge in [-0.3, -0.25) is 0 Å². The first-order chi connectivity index (χ1) is 7.74. The van der Waals surface area contributed by atoms with E-state index in [1.54, 1.807) is 4.31 Å². The molecule has 1 fully saturated rings. The highest BCUT2D eigenvalue weighted by atomic mass is 35.5. The molecule has 1 saturated heterocycles. The fraction of sp³-hybridized carbons (Fsp3) is 1.00. The normalized spacial score (nSPS) is 23.2. The molecule has 102 valence electrons. The summed E-state index contributed by atoms with van der Waals surface area (Å²) in [6, 6.07) is 0. The van der Waals surface area contributed by atoms with Gasteiger partial charge in [0.25, 0.3) is 0 Å². The topological polar surface area (TPSA) is 37.4 Å². The van der Waals surface area contributed by atoms with Crippen LogP contribution in [0.3, 0.4) is 0 Å². The Bertz CT molecular complexity index is 335. The Hall–Kier alpha value is 0.200. The fourth-order valence-corrected chi connectivity index (χ4v) is 4.26. The molecule has 1 aliphatic rings. The number of alkyl halides is 1. The molecule has 1 rings (SSSR count). The van der Waals surface area contributed by atoms with Gasteiger partial charge in [0.2, 0.25) is 10.0 Å². The zero-order valence-electron chi connectivity index (χ0n) is 11.1. The molecule has 0 bridgehead atoms. The Morgan fingerprint density at radius 1 is 1.35 bits per heavy atom. The maximum absolute atomic E-state index is 12.1. The van der Waals surface area contributed by atoms with Gasteiger partial charge in [-0.1, -0.05) is 20.8 Å². The van der Waals surface area contributed by atoms with Crippen molar-refractivity contribution in [3.63, 3.8) is 0 Å². The lowest BCUT2D eigenvalue weighted by molar-refractivity contribution is 0.387. The molecule has 0 N–H and O–H groups in total. The number of hydrogen-bond acceptors (Lipinski definition) is 2. The summed E-state index contributed by atoms with van der Waals surface area (Å²) in [5.74, 6) is 1.35. The zero-order valence-corrected chi connectivity index (χ0v) is 12.6. The first-order valence-electron chi connectivity index (χ1n) is 6.28. The van der Waals surface area contributed by atoms with Gasteiger partial charge in [-0.05, 0) is 30.6 Å². The number of rotatable bonds is 5. The van der Waals surface area contributed by atoms with Crippen LogP contribution < -0.4 is 0 Å². The Kier molecular flexibility index (Phi) is 5.29. The highest BCUT2D eigenvalue weighted by Gasteiger charge is 2.31. The van der Waals surface area contributed by atoms with Crippen LogP contribution in [0, 0.1) is 11.3 Å². The smallest absolute Gasteiger partial charge is 0.212 e. The van der Waals surface area contributed by atoms with Crippen LogP contribution in [0.25, 0.3) is 0 Å². The van der Waals surface area contributed by atoms with Crippen molar-refractivity contribution in [1.29, 1.82) is 0 Å². The van der Waals surface area contributed by atoms with Crippen molar-refractivity contribution in [2.75, 3.05) is 24.7 Å². The fourth-order valence-electron chi connectivity index (χ4n) is 2.00. The van der Waals surface area contributed by atoms with E-state index in [-0.39, 0.29) is 11.2 Å². The third-order valence-electron chi connectivity index (χ3n) is 3.27. The van der Waals surface area contributed by atoms with E-state index in [0.29, 0.717) is 31.3 Å². The largest absolute Gasteiger partial charge is 0.214 e. The zero-order chi connectivity index (χ0) is 13.1. The molecule has 5 heteroatoms. The summed E-state index contributed by atoms with van der Waals surface area (Å²) in [6.07, 6.45) is 2.60. The lowest BCUT2D eigenvalue weighted by Crippen LogP contribution is -2.32. The third-order valence-corrected chi connectivity index (χ3v) is 5.33. The molecule has 1 atom stereocenters. The molecule has 17 heavy (non-hydrogen) atoms. The van der Waals surface area contributed by atoms with Crippen LogP contribution in [0.5, 0.6) is 0 Å². The number of hydrogen-bond donors (Lipinski definition) is 0. The van der Waals surface area contributed by atoms with Gasteiger partial charge in [0.05, 0.1) is 5.75 Å². The Balaban J connectivity index is 2.49. The highest BCUT2D eigenvalue weighted by Crippen LogP contribution is 2.25. The van der Waals surface area contributed by atoms with Crippen LogP contribution in [0.4, 0.5) is 0 Å². The van der Waals surface area contributed by atoms with Crippen molar-refractivity contribution in [1.82, 2.24) is 4.31 Å². The summed E-state index contributed by atoms with van der Waals surface area (Å²) in [6.45, 7) is 7.56. The Morgan fingerprint density at radius 3 is 2.53 bits per heavy atom. The van der Waals surface area contributed by atoms with Crippen molar-refractivity contribution in [2.45, 2.75) is 40.0 Å². The quantitative estimate of drug-likeness (QED) is 0.727. The molecule has 0 aliphatic carbocycles. The summed E-state index contributed by atoms with van der Waals surface area (Å²) in [4.78, 5) is 0. The van der Waals surface area contributed by atoms with Crippen LogP contribution in [-0.2, 0) is 10.0 Å². The first kappa shape index (κ1) is 15.3. The monoisotopic (exact) mass is 281 g/mol. The van der Waals surface area contributed by atoms with Gasteiger partial charge in [-0.15, -0.1) is 11.6 Å². The van der Waals surface area contributed by atoms with Crippen molar-refractivity contribution >= 4 is 21.6 Å². The molecule has 0 aromatic carbocycles. The minimum absolute atomic E-state index is 0.0718. The minimum Gasteiger partial charge on any atom is -0.212 e. The van der Waals surface area contributed by atoms with E-state index in [1.807, 2.05) is 0 Å². The van der Waals surface area contributed by atoms with E-state index >= 15 is 0 Å². The van der Waals surface area contributed by atoms with E-state index in [1.165, 1.54) is 0 Å². The van der Waals surface area contributed by atoms with Crippen LogP contribution >= 0.6 is 11.6 Å². The number of nitrogens with zero attached hydrogens (tertiary/aromatic N) is 1. The van der Waals surface area contributed by atoms with Crippen LogP contribution in [0.15, 0.2) is 0 Å². The number of halogens is 1. The lowest BCUT2D eigenvalue weighted by atomic mass is 9.94. The maximum Gasteiger partial charge on any atom is 0.214 e. The average Bonchev–Trinajstić information content (AvgIpc) is 2.64. The van der Waals surface area contributed by atoms with Crippen molar-refractivity contribution in [3.8, 4) is 0 Å². The summed E-state index contributed by atoms with van der Waals surface area (Å²) in [5.41, 5.74) is 0.0718. The lowest BCUT2D eigenvalue weighted by Gasteiger charge is -2.21. The second kappa shape index (κ2) is 5.89. The second-order valence-electron chi connectivity index (χ2n) is 6.12. The maximum atomic E-state index is 12.1. The van der Waals surface area contributed by atoms with Gasteiger partial charge in [-0.2, -0.15) is 0 Å². The van der Waals surface area contributed by atoms with E-state index in [2.05, 4.69) is 20.8 Å². The molecule has 0 amide bonds. The van der Waals surface area contributed by atoms with E-state index in [4.69, 9.17) is 11.6 Å². The predicted octanol–water partition coefficient (Wildman–Crippen LogP) is 2.70. The SMILES string of the molecule is CC(C)(C)CCS(=O)(=O)N1CCC(CCCl)C1. The number of sulfonamides is 1. The summed E-state index contributed by atoms with van der Waals surface area (Å²) in [5, 5.41) is 0. The third kappa shape index (κ3) is 5.14. The van der Waals surface area contributed by atoms with Gasteiger partial charge in [0.15, 0.2) is 0 Å². The summed E-state index contributed by atoms with van der Waals surface area (Å²) < 4.78 is 25.9. The molecule has 0 radical (unpaired) electrons.